The third kappa shape index (κ3) is 7.81. The van der Waals surface area contributed by atoms with Crippen molar-refractivity contribution in [2.45, 2.75) is 83.5 Å². The average molecular weight is 593 g/mol. The van der Waals surface area contributed by atoms with E-state index in [1.165, 1.54) is 18.4 Å². The Balaban J connectivity index is 1.83. The predicted octanol–water partition coefficient (Wildman–Crippen LogP) is 5.71. The van der Waals surface area contributed by atoms with Gasteiger partial charge < -0.3 is 15.4 Å². The fraction of sp³-hybridized carbons (Fsp3) is 0.615. The maximum atomic E-state index is 13.1. The standard InChI is InChI=1S/C26H36ClF3N4O4S/c1-6-34-24(20-12-9-18(13-21(20)38-15(2)3)32-16(4)26(28,29)30)22(27)23(33-34)25(35)31-14-17-7-10-19(11-8-17)39(5,36)37/h9,12-13,15-17,19,32H,6-8,10-11,14H2,1-5H3,(H,31,35). The first-order chi connectivity index (χ1) is 18.1. The van der Waals surface area contributed by atoms with Crippen molar-refractivity contribution in [2.75, 3.05) is 18.1 Å². The van der Waals surface area contributed by atoms with Crippen molar-refractivity contribution in [2.24, 2.45) is 5.92 Å². The molecule has 8 nitrogen and oxygen atoms in total. The summed E-state index contributed by atoms with van der Waals surface area (Å²) in [5, 5.41) is 9.50. The molecule has 13 heteroatoms. The second kappa shape index (κ2) is 12.4. The number of benzene rings is 1. The molecule has 218 valence electrons. The number of anilines is 1. The minimum absolute atomic E-state index is 0.0294. The number of alkyl halides is 3. The third-order valence-electron chi connectivity index (χ3n) is 6.83. The minimum atomic E-state index is -4.42. The summed E-state index contributed by atoms with van der Waals surface area (Å²) in [6, 6.07) is 2.81. The molecular weight excluding hydrogens is 557 g/mol. The summed E-state index contributed by atoms with van der Waals surface area (Å²) in [6.07, 6.45) is -0.908. The molecule has 0 radical (unpaired) electrons. The van der Waals surface area contributed by atoms with Crippen molar-refractivity contribution in [1.29, 1.82) is 0 Å². The largest absolute Gasteiger partial charge is 0.490 e. The molecule has 2 aromatic rings. The van der Waals surface area contributed by atoms with Crippen molar-refractivity contribution in [3.05, 3.63) is 28.9 Å². The molecular formula is C26H36ClF3N4O4S. The molecule has 0 bridgehead atoms. The van der Waals surface area contributed by atoms with E-state index in [1.54, 1.807) is 24.6 Å². The lowest BCUT2D eigenvalue weighted by Gasteiger charge is -2.27. The summed E-state index contributed by atoms with van der Waals surface area (Å²) < 4.78 is 70.3. The number of rotatable bonds is 10. The van der Waals surface area contributed by atoms with Gasteiger partial charge in [0.15, 0.2) is 5.69 Å². The number of hydrogen-bond donors (Lipinski definition) is 2. The minimum Gasteiger partial charge on any atom is -0.490 e. The Hall–Kier alpha value is -2.47. The molecule has 1 aliphatic rings. The number of nitrogens with one attached hydrogen (secondary N) is 2. The SMILES string of the molecule is CCn1nc(C(=O)NCC2CCC(S(C)(=O)=O)CC2)c(Cl)c1-c1ccc(NC(C)C(F)(F)F)cc1OC(C)C. The van der Waals surface area contributed by atoms with Crippen molar-refractivity contribution < 1.29 is 31.1 Å². The molecule has 1 unspecified atom stereocenters. The number of hydrogen-bond acceptors (Lipinski definition) is 6. The summed E-state index contributed by atoms with van der Waals surface area (Å²) in [6.45, 7) is 7.21. The van der Waals surface area contributed by atoms with Gasteiger partial charge in [-0.2, -0.15) is 18.3 Å². The molecule has 0 aliphatic heterocycles. The van der Waals surface area contributed by atoms with Crippen molar-refractivity contribution in [3.63, 3.8) is 0 Å². The number of amides is 1. The summed E-state index contributed by atoms with van der Waals surface area (Å²) in [5.41, 5.74) is 1.17. The quantitative estimate of drug-likeness (QED) is 0.367. The average Bonchev–Trinajstić information content (AvgIpc) is 3.17. The predicted molar refractivity (Wildman–Crippen MR) is 146 cm³/mol. The van der Waals surface area contributed by atoms with Crippen LogP contribution in [-0.2, 0) is 16.4 Å². The van der Waals surface area contributed by atoms with E-state index in [9.17, 15) is 26.4 Å². The second-order valence-electron chi connectivity index (χ2n) is 10.3. The molecule has 1 amide bonds. The van der Waals surface area contributed by atoms with Gasteiger partial charge in [0.2, 0.25) is 0 Å². The van der Waals surface area contributed by atoms with Gasteiger partial charge in [0.1, 0.15) is 21.6 Å². The second-order valence-corrected chi connectivity index (χ2v) is 13.0. The van der Waals surface area contributed by atoms with Crippen LogP contribution in [-0.4, -0.2) is 60.5 Å². The van der Waals surface area contributed by atoms with Crippen LogP contribution in [0.15, 0.2) is 18.2 Å². The van der Waals surface area contributed by atoms with Gasteiger partial charge in [-0.3, -0.25) is 9.48 Å². The smallest absolute Gasteiger partial charge is 0.408 e. The van der Waals surface area contributed by atoms with Gasteiger partial charge in [-0.15, -0.1) is 0 Å². The summed E-state index contributed by atoms with van der Waals surface area (Å²) in [5.74, 6) is 0.00130. The Morgan fingerprint density at radius 2 is 1.85 bits per heavy atom. The van der Waals surface area contributed by atoms with E-state index in [0.29, 0.717) is 55.8 Å². The molecule has 0 saturated heterocycles. The Morgan fingerprint density at radius 1 is 1.21 bits per heavy atom. The van der Waals surface area contributed by atoms with E-state index in [0.717, 1.165) is 6.92 Å². The third-order valence-corrected chi connectivity index (χ3v) is 8.87. The van der Waals surface area contributed by atoms with Gasteiger partial charge in [0.25, 0.3) is 5.91 Å². The number of ether oxygens (including phenoxy) is 1. The highest BCUT2D eigenvalue weighted by Gasteiger charge is 2.36. The highest BCUT2D eigenvalue weighted by atomic mass is 35.5. The van der Waals surface area contributed by atoms with Crippen LogP contribution in [0.2, 0.25) is 5.02 Å². The van der Waals surface area contributed by atoms with Crippen LogP contribution >= 0.6 is 11.6 Å². The molecule has 1 atom stereocenters. The van der Waals surface area contributed by atoms with Crippen LogP contribution < -0.4 is 15.4 Å². The zero-order valence-electron chi connectivity index (χ0n) is 22.7. The zero-order chi connectivity index (χ0) is 29.1. The maximum absolute atomic E-state index is 13.1. The molecule has 39 heavy (non-hydrogen) atoms. The first-order valence-corrected chi connectivity index (χ1v) is 15.3. The van der Waals surface area contributed by atoms with Gasteiger partial charge >= 0.3 is 6.18 Å². The first-order valence-electron chi connectivity index (χ1n) is 13.0. The van der Waals surface area contributed by atoms with Gasteiger partial charge in [0, 0.05) is 36.7 Å². The Morgan fingerprint density at radius 3 is 2.38 bits per heavy atom. The topological polar surface area (TPSA) is 102 Å². The number of carbonyl (C=O) groups is 1. The number of sulfone groups is 1. The van der Waals surface area contributed by atoms with Gasteiger partial charge in [-0.1, -0.05) is 11.6 Å². The zero-order valence-corrected chi connectivity index (χ0v) is 24.3. The maximum Gasteiger partial charge on any atom is 0.408 e. The van der Waals surface area contributed by atoms with E-state index in [4.69, 9.17) is 16.3 Å². The first kappa shape index (κ1) is 31.1. The summed E-state index contributed by atoms with van der Waals surface area (Å²) >= 11 is 6.69. The van der Waals surface area contributed by atoms with Crippen LogP contribution in [0.5, 0.6) is 5.75 Å². The normalized spacial score (nSPS) is 19.1. The highest BCUT2D eigenvalue weighted by Crippen LogP contribution is 2.39. The van der Waals surface area contributed by atoms with Crippen LogP contribution in [0.3, 0.4) is 0 Å². The molecule has 1 saturated carbocycles. The van der Waals surface area contributed by atoms with Crippen molar-refractivity contribution in [3.8, 4) is 17.0 Å². The number of carbonyl (C=O) groups excluding carboxylic acids is 1. The Labute approximate surface area is 232 Å². The van der Waals surface area contributed by atoms with Crippen LogP contribution in [0.1, 0.15) is 63.9 Å². The molecule has 1 aliphatic carbocycles. The molecule has 1 heterocycles. The van der Waals surface area contributed by atoms with E-state index >= 15 is 0 Å². The number of halogens is 4. The number of aryl methyl sites for hydroxylation is 1. The molecule has 1 fully saturated rings. The van der Waals surface area contributed by atoms with Gasteiger partial charge in [-0.25, -0.2) is 8.42 Å². The van der Waals surface area contributed by atoms with E-state index < -0.39 is 28.0 Å². The Kier molecular flexibility index (Phi) is 9.85. The number of nitrogens with zero attached hydrogens (tertiary/aromatic N) is 2. The van der Waals surface area contributed by atoms with E-state index in [1.807, 2.05) is 6.92 Å². The lowest BCUT2D eigenvalue weighted by molar-refractivity contribution is -0.138. The summed E-state index contributed by atoms with van der Waals surface area (Å²) in [4.78, 5) is 13.1. The van der Waals surface area contributed by atoms with E-state index in [2.05, 4.69) is 15.7 Å². The van der Waals surface area contributed by atoms with Crippen LogP contribution in [0, 0.1) is 5.92 Å². The molecule has 2 N–H and O–H groups in total. The highest BCUT2D eigenvalue weighted by molar-refractivity contribution is 7.91. The van der Waals surface area contributed by atoms with Crippen molar-refractivity contribution >= 4 is 33.0 Å². The lowest BCUT2D eigenvalue weighted by atomic mass is 9.89. The lowest BCUT2D eigenvalue weighted by Crippen LogP contribution is -2.34. The van der Waals surface area contributed by atoms with Gasteiger partial charge in [0.05, 0.1) is 22.1 Å². The molecule has 0 spiro atoms. The fourth-order valence-corrected chi connectivity index (χ4v) is 6.10. The summed E-state index contributed by atoms with van der Waals surface area (Å²) in [7, 11) is -3.07. The fourth-order valence-electron chi connectivity index (χ4n) is 4.65. The molecule has 1 aromatic carbocycles. The van der Waals surface area contributed by atoms with Gasteiger partial charge in [-0.05, 0) is 71.4 Å². The molecule has 1 aromatic heterocycles. The van der Waals surface area contributed by atoms with Crippen molar-refractivity contribution in [1.82, 2.24) is 15.1 Å². The van der Waals surface area contributed by atoms with Crippen LogP contribution in [0.25, 0.3) is 11.3 Å². The Bertz CT molecular complexity index is 1270. The molecule has 3 rings (SSSR count). The monoisotopic (exact) mass is 592 g/mol. The van der Waals surface area contributed by atoms with Crippen LogP contribution in [0.4, 0.5) is 18.9 Å². The van der Waals surface area contributed by atoms with E-state index in [-0.39, 0.29) is 33.7 Å². The number of aromatic nitrogens is 2.